The molecule has 2 rings (SSSR count). The molecule has 0 radical (unpaired) electrons. The number of hydrogen-bond donors (Lipinski definition) is 2. The summed E-state index contributed by atoms with van der Waals surface area (Å²) in [7, 11) is 0. The average Bonchev–Trinajstić information content (AvgIpc) is 2.68. The first-order valence-electron chi connectivity index (χ1n) is 7.21. The van der Waals surface area contributed by atoms with E-state index in [2.05, 4.69) is 26.2 Å². The quantitative estimate of drug-likeness (QED) is 0.829. The van der Waals surface area contributed by atoms with Gasteiger partial charge in [0.2, 0.25) is 5.91 Å². The van der Waals surface area contributed by atoms with E-state index in [0.29, 0.717) is 12.4 Å². The summed E-state index contributed by atoms with van der Waals surface area (Å²) in [6.07, 6.45) is 8.02. The molecule has 1 aromatic rings. The third-order valence-corrected chi connectivity index (χ3v) is 4.64. The summed E-state index contributed by atoms with van der Waals surface area (Å²) in [4.78, 5) is 16.9. The number of amides is 1. The van der Waals surface area contributed by atoms with Gasteiger partial charge in [-0.25, -0.2) is 4.98 Å². The number of halogens is 1. The van der Waals surface area contributed by atoms with Crippen molar-refractivity contribution in [3.8, 4) is 0 Å². The molecule has 1 aliphatic rings. The zero-order chi connectivity index (χ0) is 14.6. The number of carbonyl (C=O) groups is 1. The van der Waals surface area contributed by atoms with Crippen molar-refractivity contribution in [3.63, 3.8) is 0 Å². The van der Waals surface area contributed by atoms with Crippen LogP contribution in [0.4, 0.5) is 5.82 Å². The van der Waals surface area contributed by atoms with Crippen LogP contribution in [0.1, 0.15) is 44.1 Å². The number of nitrogens with two attached hydrogens (primary N) is 1. The fourth-order valence-electron chi connectivity index (χ4n) is 2.84. The van der Waals surface area contributed by atoms with Crippen LogP contribution in [-0.4, -0.2) is 17.4 Å². The Labute approximate surface area is 128 Å². The predicted octanol–water partition coefficient (Wildman–Crippen LogP) is 3.39. The van der Waals surface area contributed by atoms with Gasteiger partial charge in [-0.3, -0.25) is 4.79 Å². The van der Waals surface area contributed by atoms with Gasteiger partial charge in [0.05, 0.1) is 5.41 Å². The van der Waals surface area contributed by atoms with Crippen LogP contribution >= 0.6 is 15.9 Å². The maximum Gasteiger partial charge on any atom is 0.233 e. The Kier molecular flexibility index (Phi) is 5.16. The van der Waals surface area contributed by atoms with Crippen LogP contribution in [0.25, 0.3) is 0 Å². The lowest BCUT2D eigenvalue weighted by atomic mass is 9.79. The zero-order valence-electron chi connectivity index (χ0n) is 11.9. The van der Waals surface area contributed by atoms with Gasteiger partial charge in [-0.2, -0.15) is 0 Å². The molecule has 0 atom stereocenters. The van der Waals surface area contributed by atoms with Gasteiger partial charge in [-0.15, -0.1) is 0 Å². The topological polar surface area (TPSA) is 68.0 Å². The molecule has 1 fully saturated rings. The van der Waals surface area contributed by atoms with Crippen LogP contribution in [0.15, 0.2) is 16.7 Å². The highest BCUT2D eigenvalue weighted by molar-refractivity contribution is 9.10. The molecule has 20 heavy (non-hydrogen) atoms. The Balaban J connectivity index is 2.16. The van der Waals surface area contributed by atoms with E-state index in [4.69, 9.17) is 5.73 Å². The van der Waals surface area contributed by atoms with E-state index < -0.39 is 5.41 Å². The van der Waals surface area contributed by atoms with Crippen LogP contribution in [0, 0.1) is 12.3 Å². The minimum absolute atomic E-state index is 0.0276. The van der Waals surface area contributed by atoms with Crippen LogP contribution in [0.2, 0.25) is 0 Å². The molecule has 5 heteroatoms. The van der Waals surface area contributed by atoms with Gasteiger partial charge in [0, 0.05) is 17.2 Å². The highest BCUT2D eigenvalue weighted by Crippen LogP contribution is 2.35. The van der Waals surface area contributed by atoms with Gasteiger partial charge >= 0.3 is 0 Å². The SMILES string of the molecule is Cc1cc(Br)cnc1NC(=O)C1(CN)CCCCCC1. The van der Waals surface area contributed by atoms with Gasteiger partial charge in [-0.1, -0.05) is 25.7 Å². The van der Waals surface area contributed by atoms with Gasteiger partial charge in [0.1, 0.15) is 5.82 Å². The van der Waals surface area contributed by atoms with Gasteiger partial charge in [0.15, 0.2) is 0 Å². The van der Waals surface area contributed by atoms with Gasteiger partial charge in [0.25, 0.3) is 0 Å². The Morgan fingerprint density at radius 3 is 2.60 bits per heavy atom. The van der Waals surface area contributed by atoms with Crippen LogP contribution in [-0.2, 0) is 4.79 Å². The Hall–Kier alpha value is -0.940. The molecule has 1 amide bonds. The monoisotopic (exact) mass is 339 g/mol. The first-order valence-corrected chi connectivity index (χ1v) is 8.00. The summed E-state index contributed by atoms with van der Waals surface area (Å²) in [6, 6.07) is 1.95. The molecule has 1 aliphatic carbocycles. The number of rotatable bonds is 3. The number of nitrogens with one attached hydrogen (secondary N) is 1. The number of pyridine rings is 1. The second-order valence-corrected chi connectivity index (χ2v) is 6.59. The van der Waals surface area contributed by atoms with E-state index in [9.17, 15) is 4.79 Å². The maximum atomic E-state index is 12.7. The molecule has 0 spiro atoms. The molecule has 1 aromatic heterocycles. The first kappa shape index (κ1) is 15.4. The fraction of sp³-hybridized carbons (Fsp3) is 0.600. The number of aromatic nitrogens is 1. The summed E-state index contributed by atoms with van der Waals surface area (Å²) in [5.74, 6) is 0.662. The van der Waals surface area contributed by atoms with Gasteiger partial charge < -0.3 is 11.1 Å². The van der Waals surface area contributed by atoms with Crippen molar-refractivity contribution < 1.29 is 4.79 Å². The standard InChI is InChI=1S/C15H22BrN3O/c1-11-8-12(16)9-18-13(11)19-14(20)15(10-17)6-4-2-3-5-7-15/h8-9H,2-7,10,17H2,1H3,(H,18,19,20). The van der Waals surface area contributed by atoms with Crippen LogP contribution < -0.4 is 11.1 Å². The molecule has 0 aliphatic heterocycles. The smallest absolute Gasteiger partial charge is 0.233 e. The number of hydrogen-bond acceptors (Lipinski definition) is 3. The molecule has 1 saturated carbocycles. The third-order valence-electron chi connectivity index (χ3n) is 4.21. The fourth-order valence-corrected chi connectivity index (χ4v) is 3.29. The Morgan fingerprint density at radius 2 is 2.05 bits per heavy atom. The summed E-state index contributed by atoms with van der Waals surface area (Å²) >= 11 is 3.38. The largest absolute Gasteiger partial charge is 0.329 e. The van der Waals surface area contributed by atoms with E-state index in [1.54, 1.807) is 6.20 Å². The first-order chi connectivity index (χ1) is 9.57. The normalized spacial score (nSPS) is 18.4. The molecule has 1 heterocycles. The van der Waals surface area contributed by atoms with Crippen molar-refractivity contribution in [3.05, 3.63) is 22.3 Å². The van der Waals surface area contributed by atoms with E-state index >= 15 is 0 Å². The molecule has 0 saturated heterocycles. The minimum Gasteiger partial charge on any atom is -0.329 e. The van der Waals surface area contributed by atoms with Crippen LogP contribution in [0.5, 0.6) is 0 Å². The van der Waals surface area contributed by atoms with Crippen molar-refractivity contribution in [2.45, 2.75) is 45.4 Å². The molecule has 110 valence electrons. The lowest BCUT2D eigenvalue weighted by molar-refractivity contribution is -0.125. The predicted molar refractivity (Wildman–Crippen MR) is 84.5 cm³/mol. The van der Waals surface area contributed by atoms with E-state index in [1.807, 2.05) is 13.0 Å². The highest BCUT2D eigenvalue weighted by Gasteiger charge is 2.37. The van der Waals surface area contributed by atoms with Crippen molar-refractivity contribution >= 4 is 27.7 Å². The molecule has 0 aromatic carbocycles. The third kappa shape index (κ3) is 3.38. The van der Waals surface area contributed by atoms with E-state index in [1.165, 1.54) is 12.8 Å². The molecule has 0 bridgehead atoms. The second-order valence-electron chi connectivity index (χ2n) is 5.67. The van der Waals surface area contributed by atoms with E-state index in [-0.39, 0.29) is 5.91 Å². The van der Waals surface area contributed by atoms with Crippen molar-refractivity contribution in [1.82, 2.24) is 4.98 Å². The van der Waals surface area contributed by atoms with Crippen molar-refractivity contribution in [1.29, 1.82) is 0 Å². The summed E-state index contributed by atoms with van der Waals surface area (Å²) in [5.41, 5.74) is 6.47. The summed E-state index contributed by atoms with van der Waals surface area (Å²) < 4.78 is 0.913. The number of nitrogens with zero attached hydrogens (tertiary/aromatic N) is 1. The second kappa shape index (κ2) is 6.68. The van der Waals surface area contributed by atoms with E-state index in [0.717, 1.165) is 35.7 Å². The Bertz CT molecular complexity index is 482. The number of carbonyl (C=O) groups excluding carboxylic acids is 1. The highest BCUT2D eigenvalue weighted by atomic mass is 79.9. The minimum atomic E-state index is -0.419. The van der Waals surface area contributed by atoms with Gasteiger partial charge in [-0.05, 0) is 47.3 Å². The maximum absolute atomic E-state index is 12.7. The summed E-state index contributed by atoms with van der Waals surface area (Å²) in [6.45, 7) is 2.35. The number of anilines is 1. The lowest BCUT2D eigenvalue weighted by Crippen LogP contribution is -2.42. The average molecular weight is 340 g/mol. The van der Waals surface area contributed by atoms with Crippen LogP contribution in [0.3, 0.4) is 0 Å². The van der Waals surface area contributed by atoms with Crippen molar-refractivity contribution in [2.24, 2.45) is 11.1 Å². The molecule has 4 nitrogen and oxygen atoms in total. The molecule has 3 N–H and O–H groups in total. The molecule has 0 unspecified atom stereocenters. The Morgan fingerprint density at radius 1 is 1.40 bits per heavy atom. The molecular formula is C15H22BrN3O. The lowest BCUT2D eigenvalue weighted by Gasteiger charge is -2.29. The summed E-state index contributed by atoms with van der Waals surface area (Å²) in [5, 5.41) is 2.98. The van der Waals surface area contributed by atoms with Crippen molar-refractivity contribution in [2.75, 3.05) is 11.9 Å². The number of aryl methyl sites for hydroxylation is 1. The molecular weight excluding hydrogens is 318 g/mol. The zero-order valence-corrected chi connectivity index (χ0v) is 13.5.